The third-order valence-electron chi connectivity index (χ3n) is 6.33. The van der Waals surface area contributed by atoms with Crippen LogP contribution in [0.4, 0.5) is 0 Å². The summed E-state index contributed by atoms with van der Waals surface area (Å²) in [6.45, 7) is 13.4. The van der Waals surface area contributed by atoms with Crippen molar-refractivity contribution in [2.45, 2.75) is 64.7 Å². The van der Waals surface area contributed by atoms with E-state index in [2.05, 4.69) is 51.6 Å². The van der Waals surface area contributed by atoms with Crippen molar-refractivity contribution in [1.29, 1.82) is 0 Å². The van der Waals surface area contributed by atoms with Gasteiger partial charge in [0.2, 0.25) is 0 Å². The van der Waals surface area contributed by atoms with Crippen LogP contribution in [0, 0.1) is 11.8 Å². The highest BCUT2D eigenvalue weighted by Gasteiger charge is 2.47. The summed E-state index contributed by atoms with van der Waals surface area (Å²) in [6, 6.07) is 4.48. The van der Waals surface area contributed by atoms with E-state index >= 15 is 0 Å². The zero-order valence-electron chi connectivity index (χ0n) is 15.9. The lowest BCUT2D eigenvalue weighted by molar-refractivity contribution is 0.133. The number of fused-ring (bicyclic) bond motifs is 3. The zero-order valence-corrected chi connectivity index (χ0v) is 16.7. The minimum atomic E-state index is 0.184. The van der Waals surface area contributed by atoms with Crippen molar-refractivity contribution >= 4 is 17.3 Å². The molecule has 136 valence electrons. The highest BCUT2D eigenvalue weighted by Crippen LogP contribution is 2.53. The molecule has 3 rings (SSSR count). The molecule has 1 fully saturated rings. The van der Waals surface area contributed by atoms with Crippen molar-refractivity contribution in [2.75, 3.05) is 6.61 Å². The first-order chi connectivity index (χ1) is 11.9. The van der Waals surface area contributed by atoms with E-state index in [0.717, 1.165) is 17.2 Å². The number of rotatable bonds is 4. The number of hydrogen-bond acceptors (Lipinski definition) is 2. The predicted molar refractivity (Wildman–Crippen MR) is 107 cm³/mol. The summed E-state index contributed by atoms with van der Waals surface area (Å²) in [5.74, 6) is 1.69. The van der Waals surface area contributed by atoms with Crippen LogP contribution < -0.4 is 0 Å². The van der Waals surface area contributed by atoms with Gasteiger partial charge in [-0.3, -0.25) is 0 Å². The fourth-order valence-electron chi connectivity index (χ4n) is 4.88. The predicted octanol–water partition coefficient (Wildman–Crippen LogP) is 6.47. The SMILES string of the molecule is C=CCO/N=C1\CC2C(C)CCCC2(C)c2cc(Cl)c(C(C)C)cc21. The Morgan fingerprint density at radius 2 is 2.20 bits per heavy atom. The molecular formula is C22H30ClNO. The van der Waals surface area contributed by atoms with Gasteiger partial charge in [-0.05, 0) is 59.3 Å². The molecule has 2 nitrogen and oxygen atoms in total. The Kier molecular flexibility index (Phi) is 5.29. The van der Waals surface area contributed by atoms with E-state index in [-0.39, 0.29) is 5.41 Å². The maximum Gasteiger partial charge on any atom is 0.135 e. The molecule has 2 aliphatic carbocycles. The average molecular weight is 360 g/mol. The first-order valence-electron chi connectivity index (χ1n) is 9.52. The van der Waals surface area contributed by atoms with E-state index in [1.165, 1.54) is 36.0 Å². The summed E-state index contributed by atoms with van der Waals surface area (Å²) in [4.78, 5) is 5.49. The van der Waals surface area contributed by atoms with Crippen LogP contribution in [0.5, 0.6) is 0 Å². The van der Waals surface area contributed by atoms with E-state index < -0.39 is 0 Å². The molecule has 0 aliphatic heterocycles. The van der Waals surface area contributed by atoms with Crippen molar-refractivity contribution in [3.63, 3.8) is 0 Å². The summed E-state index contributed by atoms with van der Waals surface area (Å²) >= 11 is 6.68. The van der Waals surface area contributed by atoms with Crippen molar-refractivity contribution in [2.24, 2.45) is 17.0 Å². The third-order valence-corrected chi connectivity index (χ3v) is 6.65. The Morgan fingerprint density at radius 1 is 1.44 bits per heavy atom. The van der Waals surface area contributed by atoms with Gasteiger partial charge in [0.25, 0.3) is 0 Å². The van der Waals surface area contributed by atoms with Crippen LogP contribution in [0.3, 0.4) is 0 Å². The maximum absolute atomic E-state index is 6.68. The summed E-state index contributed by atoms with van der Waals surface area (Å²) < 4.78 is 0. The standard InChI is InChI=1S/C22H30ClNO/c1-6-10-25-24-21-13-18-15(4)8-7-9-22(18,5)19-12-20(23)16(14(2)3)11-17(19)21/h6,11-12,14-15,18H,1,7-10,13H2,2-5H3/b24-21+. The van der Waals surface area contributed by atoms with E-state index in [0.29, 0.717) is 24.4 Å². The van der Waals surface area contributed by atoms with Gasteiger partial charge in [0.15, 0.2) is 0 Å². The van der Waals surface area contributed by atoms with Crippen LogP contribution in [-0.2, 0) is 10.3 Å². The van der Waals surface area contributed by atoms with Gasteiger partial charge in [0, 0.05) is 10.6 Å². The zero-order chi connectivity index (χ0) is 18.2. The van der Waals surface area contributed by atoms with Gasteiger partial charge >= 0.3 is 0 Å². The van der Waals surface area contributed by atoms with Crippen LogP contribution in [0.2, 0.25) is 5.02 Å². The Labute approximate surface area is 157 Å². The topological polar surface area (TPSA) is 21.6 Å². The first kappa shape index (κ1) is 18.5. The van der Waals surface area contributed by atoms with Gasteiger partial charge < -0.3 is 4.84 Å². The fraction of sp³-hybridized carbons (Fsp3) is 0.591. The lowest BCUT2D eigenvalue weighted by Crippen LogP contribution is -2.45. The van der Waals surface area contributed by atoms with Gasteiger partial charge in [0.1, 0.15) is 6.61 Å². The van der Waals surface area contributed by atoms with E-state index in [1.807, 2.05) is 0 Å². The van der Waals surface area contributed by atoms with Gasteiger partial charge in [-0.25, -0.2) is 0 Å². The molecule has 3 unspecified atom stereocenters. The molecule has 2 aliphatic rings. The molecule has 3 heteroatoms. The largest absolute Gasteiger partial charge is 0.391 e. The van der Waals surface area contributed by atoms with Gasteiger partial charge in [-0.15, -0.1) is 0 Å². The summed E-state index contributed by atoms with van der Waals surface area (Å²) in [5.41, 5.74) is 5.06. The minimum Gasteiger partial charge on any atom is -0.391 e. The van der Waals surface area contributed by atoms with Crippen LogP contribution in [-0.4, -0.2) is 12.3 Å². The highest BCUT2D eigenvalue weighted by atomic mass is 35.5. The molecule has 0 bridgehead atoms. The van der Waals surface area contributed by atoms with Crippen molar-refractivity contribution < 1.29 is 4.84 Å². The summed E-state index contributed by atoms with van der Waals surface area (Å²) in [6.07, 6.45) is 6.54. The molecule has 1 aromatic carbocycles. The van der Waals surface area contributed by atoms with Gasteiger partial charge in [-0.1, -0.05) is 69.9 Å². The molecule has 0 aromatic heterocycles. The summed E-state index contributed by atoms with van der Waals surface area (Å²) in [7, 11) is 0. The quantitative estimate of drug-likeness (QED) is 0.343. The van der Waals surface area contributed by atoms with E-state index in [1.54, 1.807) is 6.08 Å². The fourth-order valence-corrected chi connectivity index (χ4v) is 5.26. The molecule has 0 amide bonds. The van der Waals surface area contributed by atoms with Crippen LogP contribution in [0.15, 0.2) is 29.9 Å². The molecule has 0 radical (unpaired) electrons. The van der Waals surface area contributed by atoms with E-state index in [9.17, 15) is 0 Å². The molecule has 1 saturated carbocycles. The second kappa shape index (κ2) is 7.15. The van der Waals surface area contributed by atoms with Crippen molar-refractivity contribution in [3.8, 4) is 0 Å². The molecule has 0 N–H and O–H groups in total. The molecule has 0 saturated heterocycles. The van der Waals surface area contributed by atoms with E-state index in [4.69, 9.17) is 16.4 Å². The van der Waals surface area contributed by atoms with Gasteiger partial charge in [0.05, 0.1) is 5.71 Å². The maximum atomic E-state index is 6.68. The Bertz CT molecular complexity index is 694. The van der Waals surface area contributed by atoms with Crippen molar-refractivity contribution in [3.05, 3.63) is 46.5 Å². The molecule has 0 spiro atoms. The summed E-state index contributed by atoms with van der Waals surface area (Å²) in [5, 5.41) is 5.39. The smallest absolute Gasteiger partial charge is 0.135 e. The second-order valence-corrected chi connectivity index (χ2v) is 8.70. The Morgan fingerprint density at radius 3 is 2.88 bits per heavy atom. The minimum absolute atomic E-state index is 0.184. The number of nitrogens with zero attached hydrogens (tertiary/aromatic N) is 1. The van der Waals surface area contributed by atoms with Crippen LogP contribution >= 0.6 is 11.6 Å². The second-order valence-electron chi connectivity index (χ2n) is 8.29. The third kappa shape index (κ3) is 3.26. The highest BCUT2D eigenvalue weighted by molar-refractivity contribution is 6.31. The molecule has 25 heavy (non-hydrogen) atoms. The molecular weight excluding hydrogens is 330 g/mol. The first-order valence-corrected chi connectivity index (χ1v) is 9.90. The lowest BCUT2D eigenvalue weighted by atomic mass is 9.54. The Balaban J connectivity index is 2.16. The lowest BCUT2D eigenvalue weighted by Gasteiger charge is -2.49. The van der Waals surface area contributed by atoms with Crippen molar-refractivity contribution in [1.82, 2.24) is 0 Å². The Hall–Kier alpha value is -1.28. The van der Waals surface area contributed by atoms with Crippen LogP contribution in [0.1, 0.15) is 76.0 Å². The number of benzene rings is 1. The van der Waals surface area contributed by atoms with Crippen LogP contribution in [0.25, 0.3) is 0 Å². The average Bonchev–Trinajstić information content (AvgIpc) is 2.56. The number of oxime groups is 1. The molecule has 0 heterocycles. The normalized spacial score (nSPS) is 30.1. The molecule has 1 aromatic rings. The number of hydrogen-bond donors (Lipinski definition) is 0. The number of halogens is 1. The van der Waals surface area contributed by atoms with Gasteiger partial charge in [-0.2, -0.15) is 0 Å². The monoisotopic (exact) mass is 359 g/mol. The molecule has 3 atom stereocenters.